The van der Waals surface area contributed by atoms with E-state index >= 15 is 0 Å². The highest BCUT2D eigenvalue weighted by Gasteiger charge is 2.48. The summed E-state index contributed by atoms with van der Waals surface area (Å²) in [4.78, 5) is 29.7. The fourth-order valence-corrected chi connectivity index (χ4v) is 6.90. The smallest absolute Gasteiger partial charge is 0.242 e. The Morgan fingerprint density at radius 2 is 1.59 bits per heavy atom. The van der Waals surface area contributed by atoms with Crippen molar-refractivity contribution in [3.63, 3.8) is 0 Å². The topological polar surface area (TPSA) is 81.7 Å². The highest BCUT2D eigenvalue weighted by atomic mass is 16.3. The predicted molar refractivity (Wildman–Crippen MR) is 161 cm³/mol. The first kappa shape index (κ1) is 31.4. The number of rotatable bonds is 5. The largest absolute Gasteiger partial charge is 0.507 e. The molecule has 2 aliphatic rings. The number of piperazine rings is 1. The number of nitrogens with one attached hydrogen (secondary N) is 2. The zero-order chi connectivity index (χ0) is 29.7. The van der Waals surface area contributed by atoms with Crippen molar-refractivity contribution in [1.29, 1.82) is 0 Å². The van der Waals surface area contributed by atoms with Crippen LogP contribution in [0, 0.1) is 11.8 Å². The molecule has 1 saturated carbocycles. The van der Waals surface area contributed by atoms with Crippen molar-refractivity contribution >= 4 is 17.5 Å². The number of benzene rings is 1. The first-order chi connectivity index (χ1) is 17.7. The molecule has 1 heterocycles. The number of phenolic OH excluding ortho intramolecular Hbond substituents is 1. The van der Waals surface area contributed by atoms with Gasteiger partial charge in [-0.25, -0.2) is 0 Å². The second-order valence-corrected chi connectivity index (χ2v) is 15.7. The lowest BCUT2D eigenvalue weighted by atomic mass is 9.73. The Morgan fingerprint density at radius 3 is 2.08 bits per heavy atom. The minimum atomic E-state index is -0.740. The molecule has 1 unspecified atom stereocenters. The minimum Gasteiger partial charge on any atom is -0.507 e. The molecule has 1 aromatic rings. The van der Waals surface area contributed by atoms with Crippen LogP contribution >= 0.6 is 0 Å². The van der Waals surface area contributed by atoms with Crippen molar-refractivity contribution in [3.8, 4) is 5.75 Å². The lowest BCUT2D eigenvalue weighted by Crippen LogP contribution is -2.70. The monoisotopic (exact) mass is 541 g/mol. The van der Waals surface area contributed by atoms with Crippen molar-refractivity contribution in [1.82, 2.24) is 10.2 Å². The SMILES string of the molecule is CC(C)C(c1c(NC(=O)C2CCCCC2)cc(C(C)(C)C)c(O)c1C(C)(C)C)N1CC(C)(C)NC(C)(C)C1=O. The van der Waals surface area contributed by atoms with E-state index in [1.54, 1.807) is 0 Å². The first-order valence-corrected chi connectivity index (χ1v) is 15.0. The molecule has 3 rings (SSSR count). The lowest BCUT2D eigenvalue weighted by molar-refractivity contribution is -0.148. The van der Waals surface area contributed by atoms with Gasteiger partial charge in [-0.1, -0.05) is 74.7 Å². The summed E-state index contributed by atoms with van der Waals surface area (Å²) in [7, 11) is 0. The Balaban J connectivity index is 2.34. The van der Waals surface area contributed by atoms with Gasteiger partial charge in [0.2, 0.25) is 11.8 Å². The van der Waals surface area contributed by atoms with Crippen molar-refractivity contribution in [2.24, 2.45) is 11.8 Å². The molecule has 6 heteroatoms. The van der Waals surface area contributed by atoms with Gasteiger partial charge in [0.05, 0.1) is 11.6 Å². The molecule has 3 N–H and O–H groups in total. The van der Waals surface area contributed by atoms with Crippen LogP contribution in [0.5, 0.6) is 5.75 Å². The highest BCUT2D eigenvalue weighted by Crippen LogP contribution is 2.50. The molecule has 1 saturated heterocycles. The highest BCUT2D eigenvalue weighted by molar-refractivity contribution is 5.94. The minimum absolute atomic E-state index is 0.00670. The molecular weight excluding hydrogens is 486 g/mol. The fraction of sp³-hybridized carbons (Fsp3) is 0.758. The first-order valence-electron chi connectivity index (χ1n) is 15.0. The summed E-state index contributed by atoms with van der Waals surface area (Å²) in [5.41, 5.74) is 1.42. The van der Waals surface area contributed by atoms with Crippen LogP contribution in [-0.4, -0.2) is 39.4 Å². The fourth-order valence-electron chi connectivity index (χ4n) is 6.90. The number of hydrogen-bond acceptors (Lipinski definition) is 4. The van der Waals surface area contributed by atoms with Crippen LogP contribution in [0.25, 0.3) is 0 Å². The number of amides is 2. The van der Waals surface area contributed by atoms with Crippen LogP contribution in [0.1, 0.15) is 138 Å². The molecule has 1 atom stereocenters. The molecule has 6 nitrogen and oxygen atoms in total. The van der Waals surface area contributed by atoms with Gasteiger partial charge in [0.15, 0.2) is 0 Å². The molecule has 0 spiro atoms. The Morgan fingerprint density at radius 1 is 1.03 bits per heavy atom. The molecule has 39 heavy (non-hydrogen) atoms. The Bertz CT molecular complexity index is 1080. The molecule has 1 aliphatic carbocycles. The molecule has 2 fully saturated rings. The molecule has 1 aliphatic heterocycles. The van der Waals surface area contributed by atoms with E-state index in [1.165, 1.54) is 6.42 Å². The van der Waals surface area contributed by atoms with Gasteiger partial charge in [-0.2, -0.15) is 0 Å². The second kappa shape index (κ2) is 10.7. The van der Waals surface area contributed by atoms with Gasteiger partial charge in [0, 0.05) is 40.4 Å². The van der Waals surface area contributed by atoms with Gasteiger partial charge in [0.1, 0.15) is 5.75 Å². The summed E-state index contributed by atoms with van der Waals surface area (Å²) >= 11 is 0. The summed E-state index contributed by atoms with van der Waals surface area (Å²) < 4.78 is 0. The number of nitrogens with zero attached hydrogens (tertiary/aromatic N) is 1. The summed E-state index contributed by atoms with van der Waals surface area (Å²) in [6.07, 6.45) is 5.15. The van der Waals surface area contributed by atoms with Crippen molar-refractivity contribution in [2.75, 3.05) is 11.9 Å². The van der Waals surface area contributed by atoms with Crippen LogP contribution in [0.3, 0.4) is 0 Å². The number of hydrogen-bond donors (Lipinski definition) is 3. The van der Waals surface area contributed by atoms with Crippen LogP contribution in [0.4, 0.5) is 5.69 Å². The summed E-state index contributed by atoms with van der Waals surface area (Å²) in [5.74, 6) is 0.394. The molecule has 2 amide bonds. The number of carbonyl (C=O) groups excluding carboxylic acids is 2. The average molecular weight is 542 g/mol. The maximum absolute atomic E-state index is 14.0. The number of carbonyl (C=O) groups is 2. The van der Waals surface area contributed by atoms with Crippen molar-refractivity contribution in [3.05, 3.63) is 22.8 Å². The van der Waals surface area contributed by atoms with Gasteiger partial charge < -0.3 is 15.3 Å². The Labute approximate surface area is 237 Å². The summed E-state index contributed by atoms with van der Waals surface area (Å²) in [6.45, 7) is 25.5. The normalized spacial score (nSPS) is 21.3. The van der Waals surface area contributed by atoms with Crippen LogP contribution in [-0.2, 0) is 20.4 Å². The van der Waals surface area contributed by atoms with E-state index in [0.717, 1.165) is 48.1 Å². The number of aromatic hydroxyl groups is 1. The Hall–Kier alpha value is -2.08. The van der Waals surface area contributed by atoms with E-state index < -0.39 is 11.0 Å². The lowest BCUT2D eigenvalue weighted by Gasteiger charge is -2.51. The zero-order valence-corrected chi connectivity index (χ0v) is 26.8. The molecule has 0 aromatic heterocycles. The molecular formula is C33H55N3O3. The average Bonchev–Trinajstić information content (AvgIpc) is 2.76. The van der Waals surface area contributed by atoms with E-state index in [-0.39, 0.29) is 46.4 Å². The van der Waals surface area contributed by atoms with Crippen molar-refractivity contribution in [2.45, 2.75) is 143 Å². The van der Waals surface area contributed by atoms with E-state index in [2.05, 4.69) is 79.9 Å². The standard InChI is InChI=1S/C33H55N3O3/c1-20(2)26(36-19-32(9,10)35-33(11,12)29(36)39)24-23(34-28(38)21-16-14-13-15-17-21)18-22(30(3,4)5)27(37)25(24)31(6,7)8/h18,20-21,26,35,37H,13-17,19H2,1-12H3,(H,34,38). The third kappa shape index (κ3) is 6.64. The Kier molecular flexibility index (Phi) is 8.64. The summed E-state index contributed by atoms with van der Waals surface area (Å²) in [5, 5.41) is 18.8. The molecule has 0 bridgehead atoms. The van der Waals surface area contributed by atoms with E-state index in [9.17, 15) is 14.7 Å². The number of anilines is 1. The second-order valence-electron chi connectivity index (χ2n) is 15.7. The predicted octanol–water partition coefficient (Wildman–Crippen LogP) is 7.19. The zero-order valence-electron chi connectivity index (χ0n) is 26.8. The summed E-state index contributed by atoms with van der Waals surface area (Å²) in [6, 6.07) is 1.66. The maximum Gasteiger partial charge on any atom is 0.242 e. The van der Waals surface area contributed by atoms with Crippen LogP contribution in [0.15, 0.2) is 6.07 Å². The van der Waals surface area contributed by atoms with Gasteiger partial charge in [-0.3, -0.25) is 14.9 Å². The molecule has 220 valence electrons. The molecule has 0 radical (unpaired) electrons. The van der Waals surface area contributed by atoms with Gasteiger partial charge in [0.25, 0.3) is 0 Å². The van der Waals surface area contributed by atoms with E-state index in [0.29, 0.717) is 6.54 Å². The third-order valence-electron chi connectivity index (χ3n) is 8.41. The number of phenols is 1. The maximum atomic E-state index is 14.0. The van der Waals surface area contributed by atoms with Crippen LogP contribution in [0.2, 0.25) is 0 Å². The van der Waals surface area contributed by atoms with Gasteiger partial charge in [-0.15, -0.1) is 0 Å². The third-order valence-corrected chi connectivity index (χ3v) is 8.41. The van der Waals surface area contributed by atoms with Gasteiger partial charge in [-0.05, 0) is 63.4 Å². The van der Waals surface area contributed by atoms with E-state index in [1.807, 2.05) is 24.8 Å². The van der Waals surface area contributed by atoms with Crippen molar-refractivity contribution < 1.29 is 14.7 Å². The van der Waals surface area contributed by atoms with Gasteiger partial charge >= 0.3 is 0 Å². The van der Waals surface area contributed by atoms with E-state index in [4.69, 9.17) is 0 Å². The quantitative estimate of drug-likeness (QED) is 0.345. The van der Waals surface area contributed by atoms with Crippen LogP contribution < -0.4 is 10.6 Å². The molecule has 1 aromatic carbocycles.